The molecule has 0 amide bonds. The number of fused-ring (bicyclic) bond motifs is 1. The van der Waals surface area contributed by atoms with E-state index in [1.165, 1.54) is 11.8 Å². The van der Waals surface area contributed by atoms with Gasteiger partial charge in [-0.3, -0.25) is 9.78 Å². The number of pyridine rings is 1. The minimum absolute atomic E-state index is 0.194. The minimum atomic E-state index is -0.623. The molecule has 2 N–H and O–H groups in total. The number of rotatable bonds is 3. The lowest BCUT2D eigenvalue weighted by Gasteiger charge is -1.95. The van der Waals surface area contributed by atoms with Crippen LogP contribution >= 0.6 is 23.4 Å². The van der Waals surface area contributed by atoms with E-state index in [0.717, 1.165) is 11.3 Å². The summed E-state index contributed by atoms with van der Waals surface area (Å²) in [5.74, 6) is 0.460. The first-order valence-corrected chi connectivity index (χ1v) is 6.93. The van der Waals surface area contributed by atoms with Gasteiger partial charge >= 0.3 is 5.69 Å². The Hall–Kier alpha value is -2.06. The van der Waals surface area contributed by atoms with Crippen molar-refractivity contribution in [2.45, 2.75) is 10.8 Å². The fourth-order valence-electron chi connectivity index (χ4n) is 1.66. The standard InChI is InChI=1S/C11H8ClN5O2S/c12-6-1-2-8-13-7(4-17(8)3-6)5-20-10-9(18)14-11(19)16-15-10/h1-4H,5H2,(H2,14,16,18,19). The SMILES string of the molecule is O=c1[nH]nc(SCc2cn3cc(Cl)ccc3n2)c(=O)[nH]1. The number of halogens is 1. The van der Waals surface area contributed by atoms with Crippen LogP contribution in [0.15, 0.2) is 39.1 Å². The molecule has 0 aliphatic rings. The van der Waals surface area contributed by atoms with Crippen molar-refractivity contribution < 1.29 is 0 Å². The molecular formula is C11H8ClN5O2S. The first-order chi connectivity index (χ1) is 9.61. The maximum Gasteiger partial charge on any atom is 0.342 e. The Morgan fingerprint density at radius 1 is 1.30 bits per heavy atom. The zero-order valence-electron chi connectivity index (χ0n) is 9.96. The molecule has 0 spiro atoms. The van der Waals surface area contributed by atoms with Crippen molar-refractivity contribution in [2.24, 2.45) is 0 Å². The second kappa shape index (κ2) is 5.14. The summed E-state index contributed by atoms with van der Waals surface area (Å²) in [6, 6.07) is 3.57. The van der Waals surface area contributed by atoms with E-state index in [1.807, 2.05) is 16.7 Å². The molecule has 0 aliphatic carbocycles. The van der Waals surface area contributed by atoms with Crippen LogP contribution in [0.2, 0.25) is 5.02 Å². The molecule has 20 heavy (non-hydrogen) atoms. The first kappa shape index (κ1) is 12.9. The molecular weight excluding hydrogens is 302 g/mol. The van der Waals surface area contributed by atoms with Gasteiger partial charge in [0.1, 0.15) is 5.65 Å². The van der Waals surface area contributed by atoms with Crippen molar-refractivity contribution in [1.82, 2.24) is 24.6 Å². The van der Waals surface area contributed by atoms with Gasteiger partial charge in [-0.25, -0.2) is 14.9 Å². The Morgan fingerprint density at radius 3 is 2.95 bits per heavy atom. The second-order valence-corrected chi connectivity index (χ2v) is 5.35. The Balaban J connectivity index is 1.83. The molecule has 9 heteroatoms. The minimum Gasteiger partial charge on any atom is -0.305 e. The molecule has 3 heterocycles. The van der Waals surface area contributed by atoms with Gasteiger partial charge in [-0.2, -0.15) is 5.10 Å². The highest BCUT2D eigenvalue weighted by atomic mass is 35.5. The van der Waals surface area contributed by atoms with Crippen LogP contribution in [0.1, 0.15) is 5.69 Å². The normalized spacial score (nSPS) is 11.1. The third kappa shape index (κ3) is 2.61. The number of aromatic nitrogens is 5. The van der Waals surface area contributed by atoms with Crippen molar-refractivity contribution in [3.63, 3.8) is 0 Å². The average Bonchev–Trinajstić information content (AvgIpc) is 2.79. The lowest BCUT2D eigenvalue weighted by molar-refractivity contribution is 0.806. The average molecular weight is 310 g/mol. The maximum atomic E-state index is 11.5. The number of imidazole rings is 1. The van der Waals surface area contributed by atoms with Crippen LogP contribution in [-0.4, -0.2) is 24.6 Å². The van der Waals surface area contributed by atoms with Crippen molar-refractivity contribution >= 4 is 29.0 Å². The van der Waals surface area contributed by atoms with E-state index in [-0.39, 0.29) is 5.03 Å². The highest BCUT2D eigenvalue weighted by Gasteiger charge is 2.07. The number of hydrogen-bond acceptors (Lipinski definition) is 5. The third-order valence-electron chi connectivity index (χ3n) is 2.50. The van der Waals surface area contributed by atoms with E-state index in [4.69, 9.17) is 11.6 Å². The molecule has 3 aromatic heterocycles. The number of hydrogen-bond donors (Lipinski definition) is 2. The summed E-state index contributed by atoms with van der Waals surface area (Å²) in [5, 5.41) is 6.69. The maximum absolute atomic E-state index is 11.5. The molecule has 0 fully saturated rings. The van der Waals surface area contributed by atoms with Crippen LogP contribution < -0.4 is 11.2 Å². The van der Waals surface area contributed by atoms with Gasteiger partial charge < -0.3 is 4.40 Å². The summed E-state index contributed by atoms with van der Waals surface area (Å²) in [6.45, 7) is 0. The van der Waals surface area contributed by atoms with Gasteiger partial charge in [-0.05, 0) is 12.1 Å². The topological polar surface area (TPSA) is 95.9 Å². The van der Waals surface area contributed by atoms with Gasteiger partial charge in [0.05, 0.1) is 10.7 Å². The quantitative estimate of drug-likeness (QED) is 0.705. The van der Waals surface area contributed by atoms with E-state index in [1.54, 1.807) is 12.3 Å². The third-order valence-corrected chi connectivity index (χ3v) is 3.72. The lowest BCUT2D eigenvalue weighted by atomic mass is 10.5. The molecule has 0 aromatic carbocycles. The van der Waals surface area contributed by atoms with Gasteiger partial charge in [-0.15, -0.1) is 0 Å². The fourth-order valence-corrected chi connectivity index (χ4v) is 2.55. The lowest BCUT2D eigenvalue weighted by Crippen LogP contribution is -2.24. The largest absolute Gasteiger partial charge is 0.342 e. The highest BCUT2D eigenvalue weighted by Crippen LogP contribution is 2.18. The highest BCUT2D eigenvalue weighted by molar-refractivity contribution is 7.98. The van der Waals surface area contributed by atoms with Crippen LogP contribution in [0.4, 0.5) is 0 Å². The number of aromatic amines is 2. The molecule has 7 nitrogen and oxygen atoms in total. The summed E-state index contributed by atoms with van der Waals surface area (Å²) < 4.78 is 1.81. The monoisotopic (exact) mass is 309 g/mol. The molecule has 0 aliphatic heterocycles. The van der Waals surface area contributed by atoms with Gasteiger partial charge in [0.25, 0.3) is 5.56 Å². The predicted molar refractivity (Wildman–Crippen MR) is 75.2 cm³/mol. The first-order valence-electron chi connectivity index (χ1n) is 5.57. The Morgan fingerprint density at radius 2 is 2.15 bits per heavy atom. The molecule has 0 bridgehead atoms. The molecule has 0 saturated carbocycles. The summed E-state index contributed by atoms with van der Waals surface area (Å²) in [4.78, 5) is 28.8. The van der Waals surface area contributed by atoms with E-state index in [0.29, 0.717) is 10.8 Å². The Kier molecular flexibility index (Phi) is 3.33. The summed E-state index contributed by atoms with van der Waals surface area (Å²) >= 11 is 7.09. The molecule has 0 atom stereocenters. The molecule has 3 aromatic rings. The number of nitrogens with zero attached hydrogens (tertiary/aromatic N) is 3. The van der Waals surface area contributed by atoms with Crippen molar-refractivity contribution in [2.75, 3.05) is 0 Å². The Labute approximate surface area is 121 Å². The van der Waals surface area contributed by atoms with Gasteiger partial charge in [0.2, 0.25) is 0 Å². The molecule has 0 unspecified atom stereocenters. The molecule has 0 radical (unpaired) electrons. The van der Waals surface area contributed by atoms with Gasteiger partial charge in [0.15, 0.2) is 5.03 Å². The van der Waals surface area contributed by atoms with Crippen LogP contribution in [0, 0.1) is 0 Å². The Bertz CT molecular complexity index is 884. The van der Waals surface area contributed by atoms with Crippen LogP contribution in [0.25, 0.3) is 5.65 Å². The molecule has 3 rings (SSSR count). The zero-order valence-corrected chi connectivity index (χ0v) is 11.5. The number of H-pyrrole nitrogens is 2. The van der Waals surface area contributed by atoms with Crippen molar-refractivity contribution in [3.8, 4) is 0 Å². The summed E-state index contributed by atoms with van der Waals surface area (Å²) in [7, 11) is 0. The predicted octanol–water partition coefficient (Wildman–Crippen LogP) is 1.05. The summed E-state index contributed by atoms with van der Waals surface area (Å²) in [5.41, 5.74) is 0.422. The van der Waals surface area contributed by atoms with Crippen molar-refractivity contribution in [1.29, 1.82) is 0 Å². The van der Waals surface area contributed by atoms with E-state index < -0.39 is 11.2 Å². The van der Waals surface area contributed by atoms with Crippen LogP contribution in [0.3, 0.4) is 0 Å². The van der Waals surface area contributed by atoms with E-state index in [2.05, 4.69) is 20.2 Å². The van der Waals surface area contributed by atoms with E-state index >= 15 is 0 Å². The number of nitrogens with one attached hydrogen (secondary N) is 2. The summed E-state index contributed by atoms with van der Waals surface area (Å²) in [6.07, 6.45) is 3.58. The van der Waals surface area contributed by atoms with E-state index in [9.17, 15) is 9.59 Å². The molecule has 0 saturated heterocycles. The second-order valence-electron chi connectivity index (χ2n) is 3.95. The van der Waals surface area contributed by atoms with Crippen molar-refractivity contribution in [3.05, 3.63) is 56.1 Å². The van der Waals surface area contributed by atoms with Crippen LogP contribution in [0.5, 0.6) is 0 Å². The zero-order chi connectivity index (χ0) is 14.1. The van der Waals surface area contributed by atoms with Crippen LogP contribution in [-0.2, 0) is 5.75 Å². The number of thioether (sulfide) groups is 1. The smallest absolute Gasteiger partial charge is 0.305 e. The van der Waals surface area contributed by atoms with Gasteiger partial charge in [0, 0.05) is 18.1 Å². The fraction of sp³-hybridized carbons (Fsp3) is 0.0909. The molecule has 102 valence electrons. The van der Waals surface area contributed by atoms with Gasteiger partial charge in [-0.1, -0.05) is 23.4 Å².